The Morgan fingerprint density at radius 3 is 2.24 bits per heavy atom. The fourth-order valence-corrected chi connectivity index (χ4v) is 3.24. The molecule has 1 saturated heterocycles. The molecular weight excluding hydrogens is 284 g/mol. The van der Waals surface area contributed by atoms with Gasteiger partial charge in [-0.05, 0) is 24.3 Å². The number of hydrogen-bond acceptors (Lipinski definition) is 3. The van der Waals surface area contributed by atoms with E-state index in [1.54, 1.807) is 11.3 Å². The summed E-state index contributed by atoms with van der Waals surface area (Å²) in [7, 11) is 0. The molecule has 0 bridgehead atoms. The van der Waals surface area contributed by atoms with Gasteiger partial charge in [-0.1, -0.05) is 19.4 Å². The van der Waals surface area contributed by atoms with Gasteiger partial charge in [-0.15, -0.1) is 11.3 Å². The summed E-state index contributed by atoms with van der Waals surface area (Å²) in [6.45, 7) is 4.83. The van der Waals surface area contributed by atoms with E-state index in [9.17, 15) is 9.59 Å². The van der Waals surface area contributed by atoms with Gasteiger partial charge in [0.25, 0.3) is 0 Å². The summed E-state index contributed by atoms with van der Waals surface area (Å²) in [6, 6.07) is 4.09. The zero-order chi connectivity index (χ0) is 15.1. The van der Waals surface area contributed by atoms with Gasteiger partial charge in [0.1, 0.15) is 0 Å². The van der Waals surface area contributed by atoms with E-state index in [1.807, 2.05) is 21.2 Å². The Morgan fingerprint density at radius 1 is 1.10 bits per heavy atom. The number of nitrogens with zero attached hydrogens (tertiary/aromatic N) is 2. The highest BCUT2D eigenvalue weighted by atomic mass is 32.1. The average Bonchev–Trinajstić information content (AvgIpc) is 3.04. The summed E-state index contributed by atoms with van der Waals surface area (Å²) in [5.41, 5.74) is 0. The van der Waals surface area contributed by atoms with Crippen molar-refractivity contribution >= 4 is 23.2 Å². The average molecular weight is 308 g/mol. The van der Waals surface area contributed by atoms with Gasteiger partial charge in [0.2, 0.25) is 11.8 Å². The molecule has 0 atom stereocenters. The fraction of sp³-hybridized carbons (Fsp3) is 0.625. The SMILES string of the molecule is CCCCC(=O)N1CCN(C(=O)CCc2cccs2)CC1. The molecule has 1 aliphatic rings. The lowest BCUT2D eigenvalue weighted by Crippen LogP contribution is -2.50. The van der Waals surface area contributed by atoms with Crippen molar-refractivity contribution in [3.8, 4) is 0 Å². The van der Waals surface area contributed by atoms with Crippen molar-refractivity contribution in [3.05, 3.63) is 22.4 Å². The lowest BCUT2D eigenvalue weighted by atomic mass is 10.2. The van der Waals surface area contributed by atoms with Crippen LogP contribution in [0, 0.1) is 0 Å². The molecule has 0 aliphatic carbocycles. The second kappa shape index (κ2) is 8.17. The first-order chi connectivity index (χ1) is 10.2. The van der Waals surface area contributed by atoms with Gasteiger partial charge in [0.15, 0.2) is 0 Å². The van der Waals surface area contributed by atoms with Gasteiger partial charge < -0.3 is 9.80 Å². The summed E-state index contributed by atoms with van der Waals surface area (Å²) >= 11 is 1.70. The first-order valence-corrected chi connectivity index (χ1v) is 8.66. The van der Waals surface area contributed by atoms with E-state index in [4.69, 9.17) is 0 Å². The lowest BCUT2D eigenvalue weighted by Gasteiger charge is -2.35. The van der Waals surface area contributed by atoms with E-state index < -0.39 is 0 Å². The van der Waals surface area contributed by atoms with Crippen LogP contribution in [0.1, 0.15) is 37.5 Å². The minimum absolute atomic E-state index is 0.212. The predicted molar refractivity (Wildman–Crippen MR) is 85.3 cm³/mol. The zero-order valence-corrected chi connectivity index (χ0v) is 13.5. The van der Waals surface area contributed by atoms with Gasteiger partial charge in [-0.2, -0.15) is 0 Å². The quantitative estimate of drug-likeness (QED) is 0.810. The number of thiophene rings is 1. The summed E-state index contributed by atoms with van der Waals surface area (Å²) in [5, 5.41) is 2.04. The van der Waals surface area contributed by atoms with Crippen LogP contribution in [0.5, 0.6) is 0 Å². The third-order valence-corrected chi connectivity index (χ3v) is 4.83. The second-order valence-corrected chi connectivity index (χ2v) is 6.48. The van der Waals surface area contributed by atoms with E-state index in [0.717, 1.165) is 19.3 Å². The maximum Gasteiger partial charge on any atom is 0.223 e. The van der Waals surface area contributed by atoms with Gasteiger partial charge in [0.05, 0.1) is 0 Å². The van der Waals surface area contributed by atoms with Crippen molar-refractivity contribution in [2.45, 2.75) is 39.0 Å². The van der Waals surface area contributed by atoms with Gasteiger partial charge in [-0.3, -0.25) is 9.59 Å². The molecule has 2 heterocycles. The van der Waals surface area contributed by atoms with E-state index >= 15 is 0 Å². The summed E-state index contributed by atoms with van der Waals surface area (Å²) in [6.07, 6.45) is 4.05. The van der Waals surface area contributed by atoms with Gasteiger partial charge in [-0.25, -0.2) is 0 Å². The Bertz CT molecular complexity index is 451. The third-order valence-electron chi connectivity index (χ3n) is 3.89. The number of unbranched alkanes of at least 4 members (excludes halogenated alkanes) is 1. The third kappa shape index (κ3) is 4.84. The topological polar surface area (TPSA) is 40.6 Å². The molecule has 1 aliphatic heterocycles. The number of piperazine rings is 1. The molecule has 0 unspecified atom stereocenters. The van der Waals surface area contributed by atoms with Crippen molar-refractivity contribution in [2.75, 3.05) is 26.2 Å². The Morgan fingerprint density at radius 2 is 1.71 bits per heavy atom. The molecule has 0 radical (unpaired) electrons. The zero-order valence-electron chi connectivity index (χ0n) is 12.7. The first kappa shape index (κ1) is 16.0. The number of aryl methyl sites for hydroxylation is 1. The highest BCUT2D eigenvalue weighted by Crippen LogP contribution is 2.13. The van der Waals surface area contributed by atoms with Crippen LogP contribution < -0.4 is 0 Å². The molecule has 1 aromatic heterocycles. The number of hydrogen-bond donors (Lipinski definition) is 0. The van der Waals surface area contributed by atoms with Crippen LogP contribution in [0.15, 0.2) is 17.5 Å². The van der Waals surface area contributed by atoms with Crippen molar-refractivity contribution in [1.29, 1.82) is 0 Å². The summed E-state index contributed by atoms with van der Waals surface area (Å²) < 4.78 is 0. The van der Waals surface area contributed by atoms with Crippen molar-refractivity contribution in [2.24, 2.45) is 0 Å². The van der Waals surface area contributed by atoms with Crippen LogP contribution >= 0.6 is 11.3 Å². The second-order valence-electron chi connectivity index (χ2n) is 5.44. The predicted octanol–water partition coefficient (Wildman–Crippen LogP) is 2.54. The largest absolute Gasteiger partial charge is 0.339 e. The monoisotopic (exact) mass is 308 g/mol. The van der Waals surface area contributed by atoms with Crippen LogP contribution in [0.25, 0.3) is 0 Å². The smallest absolute Gasteiger partial charge is 0.223 e. The molecular formula is C16H24N2O2S. The number of amides is 2. The number of rotatable bonds is 6. The van der Waals surface area contributed by atoms with Crippen LogP contribution in [0.3, 0.4) is 0 Å². The molecule has 1 fully saturated rings. The van der Waals surface area contributed by atoms with Gasteiger partial charge in [0, 0.05) is 43.9 Å². The Kier molecular flexibility index (Phi) is 6.23. The Hall–Kier alpha value is -1.36. The molecule has 2 rings (SSSR count). The standard InChI is InChI=1S/C16H24N2O2S/c1-2-3-6-15(19)17-9-11-18(12-10-17)16(20)8-7-14-5-4-13-21-14/h4-5,13H,2-3,6-12H2,1H3. The molecule has 21 heavy (non-hydrogen) atoms. The number of carbonyl (C=O) groups is 2. The first-order valence-electron chi connectivity index (χ1n) is 7.78. The van der Waals surface area contributed by atoms with Crippen LogP contribution in [-0.4, -0.2) is 47.8 Å². The van der Waals surface area contributed by atoms with E-state index in [2.05, 4.69) is 13.0 Å². The molecule has 5 heteroatoms. The summed E-state index contributed by atoms with van der Waals surface area (Å²) in [4.78, 5) is 29.2. The van der Waals surface area contributed by atoms with Crippen molar-refractivity contribution in [1.82, 2.24) is 9.80 Å². The molecule has 1 aromatic rings. The highest BCUT2D eigenvalue weighted by Gasteiger charge is 2.23. The van der Waals surface area contributed by atoms with Crippen molar-refractivity contribution in [3.63, 3.8) is 0 Å². The summed E-state index contributed by atoms with van der Waals surface area (Å²) in [5.74, 6) is 0.451. The minimum Gasteiger partial charge on any atom is -0.339 e. The lowest BCUT2D eigenvalue weighted by molar-refractivity contribution is -0.139. The normalized spacial score (nSPS) is 15.3. The Labute approximate surface area is 130 Å². The van der Waals surface area contributed by atoms with Crippen LogP contribution in [0.2, 0.25) is 0 Å². The molecule has 2 amide bonds. The highest BCUT2D eigenvalue weighted by molar-refractivity contribution is 7.09. The molecule has 0 aromatic carbocycles. The number of carbonyl (C=O) groups excluding carboxylic acids is 2. The van der Waals surface area contributed by atoms with E-state index in [1.165, 1.54) is 4.88 Å². The van der Waals surface area contributed by atoms with Crippen molar-refractivity contribution < 1.29 is 9.59 Å². The minimum atomic E-state index is 0.212. The van der Waals surface area contributed by atoms with Crippen LogP contribution in [0.4, 0.5) is 0 Å². The molecule has 0 saturated carbocycles. The van der Waals surface area contributed by atoms with Crippen LogP contribution in [-0.2, 0) is 16.0 Å². The van der Waals surface area contributed by atoms with E-state index in [0.29, 0.717) is 39.0 Å². The van der Waals surface area contributed by atoms with E-state index in [-0.39, 0.29) is 11.8 Å². The Balaban J connectivity index is 1.70. The maximum atomic E-state index is 12.2. The fourth-order valence-electron chi connectivity index (χ4n) is 2.53. The van der Waals surface area contributed by atoms with Gasteiger partial charge >= 0.3 is 0 Å². The molecule has 0 N–H and O–H groups in total. The maximum absolute atomic E-state index is 12.2. The molecule has 116 valence electrons. The molecule has 0 spiro atoms. The molecule has 4 nitrogen and oxygen atoms in total.